The van der Waals surface area contributed by atoms with Gasteiger partial charge in [-0.2, -0.15) is 0 Å². The Labute approximate surface area is 125 Å². The number of halogens is 2. The molecule has 0 saturated heterocycles. The molecule has 0 aliphatic rings. The van der Waals surface area contributed by atoms with Gasteiger partial charge in [0.2, 0.25) is 0 Å². The largest absolute Gasteiger partial charge is 0.396 e. The molecule has 6 heteroatoms. The van der Waals surface area contributed by atoms with Crippen LogP contribution in [0.15, 0.2) is 35.7 Å². The van der Waals surface area contributed by atoms with E-state index in [4.69, 9.17) is 0 Å². The fourth-order valence-electron chi connectivity index (χ4n) is 1.94. The summed E-state index contributed by atoms with van der Waals surface area (Å²) < 4.78 is 26.7. The van der Waals surface area contributed by atoms with Crippen LogP contribution in [-0.4, -0.2) is 24.2 Å². The number of hydrogen-bond acceptors (Lipinski definition) is 3. The third-order valence-electron chi connectivity index (χ3n) is 3.07. The highest BCUT2D eigenvalue weighted by Gasteiger charge is 2.14. The van der Waals surface area contributed by atoms with E-state index in [1.807, 2.05) is 0 Å². The van der Waals surface area contributed by atoms with Crippen LogP contribution in [0.1, 0.15) is 15.2 Å². The van der Waals surface area contributed by atoms with Crippen molar-refractivity contribution in [3.05, 3.63) is 57.8 Å². The van der Waals surface area contributed by atoms with Crippen molar-refractivity contribution in [1.29, 1.82) is 0 Å². The first-order valence-electron chi connectivity index (χ1n) is 6.46. The van der Waals surface area contributed by atoms with Gasteiger partial charge in [0, 0.05) is 19.1 Å². The Morgan fingerprint density at radius 2 is 2.14 bits per heavy atom. The van der Waals surface area contributed by atoms with Crippen LogP contribution in [0, 0.1) is 17.6 Å². The molecule has 1 amide bonds. The van der Waals surface area contributed by atoms with Crippen LogP contribution >= 0.6 is 11.3 Å². The molecular formula is C15H15F2NO2S. The first-order chi connectivity index (χ1) is 10.1. The molecule has 0 aliphatic heterocycles. The number of hydrogen-bond donors (Lipinski definition) is 2. The molecule has 1 aromatic carbocycles. The lowest BCUT2D eigenvalue weighted by Crippen LogP contribution is -2.31. The Bertz CT molecular complexity index is 602. The first-order valence-corrected chi connectivity index (χ1v) is 7.34. The summed E-state index contributed by atoms with van der Waals surface area (Å²) in [7, 11) is 0. The third-order valence-corrected chi connectivity index (χ3v) is 3.94. The molecule has 2 N–H and O–H groups in total. The third kappa shape index (κ3) is 4.34. The fourth-order valence-corrected chi connectivity index (χ4v) is 2.58. The lowest BCUT2D eigenvalue weighted by atomic mass is 9.99. The summed E-state index contributed by atoms with van der Waals surface area (Å²) in [6.45, 7) is -0.0239. The summed E-state index contributed by atoms with van der Waals surface area (Å²) in [4.78, 5) is 12.4. The second kappa shape index (κ2) is 7.28. The number of benzene rings is 1. The van der Waals surface area contributed by atoms with E-state index in [1.165, 1.54) is 11.3 Å². The average molecular weight is 311 g/mol. The van der Waals surface area contributed by atoms with Gasteiger partial charge in [0.15, 0.2) is 0 Å². The van der Waals surface area contributed by atoms with Crippen LogP contribution < -0.4 is 5.32 Å². The van der Waals surface area contributed by atoms with Gasteiger partial charge >= 0.3 is 0 Å². The standard InChI is InChI=1S/C15H15F2NO2S/c16-12-3-4-13(17)11(7-12)6-10(9-19)8-18-15(20)14-2-1-5-21-14/h1-5,7,10,19H,6,8-9H2,(H,18,20). The van der Waals surface area contributed by atoms with E-state index in [1.54, 1.807) is 17.5 Å². The molecule has 0 aliphatic carbocycles. The van der Waals surface area contributed by atoms with Gasteiger partial charge in [-0.05, 0) is 41.6 Å². The maximum atomic E-state index is 13.6. The number of thiophene rings is 1. The van der Waals surface area contributed by atoms with Crippen molar-refractivity contribution < 1.29 is 18.7 Å². The van der Waals surface area contributed by atoms with Crippen molar-refractivity contribution in [3.63, 3.8) is 0 Å². The number of aliphatic hydroxyl groups is 1. The van der Waals surface area contributed by atoms with Crippen LogP contribution in [0.2, 0.25) is 0 Å². The van der Waals surface area contributed by atoms with Crippen LogP contribution in [-0.2, 0) is 6.42 Å². The zero-order valence-electron chi connectivity index (χ0n) is 11.2. The van der Waals surface area contributed by atoms with Gasteiger partial charge in [-0.3, -0.25) is 4.79 Å². The highest BCUT2D eigenvalue weighted by atomic mass is 32.1. The Balaban J connectivity index is 1.94. The van der Waals surface area contributed by atoms with Crippen molar-refractivity contribution in [3.8, 4) is 0 Å². The molecule has 1 aromatic heterocycles. The van der Waals surface area contributed by atoms with Crippen molar-refractivity contribution in [2.24, 2.45) is 5.92 Å². The SMILES string of the molecule is O=C(NCC(CO)Cc1cc(F)ccc1F)c1cccs1. The second-order valence-corrected chi connectivity index (χ2v) is 5.62. The minimum Gasteiger partial charge on any atom is -0.396 e. The fraction of sp³-hybridized carbons (Fsp3) is 0.267. The van der Waals surface area contributed by atoms with Gasteiger partial charge in [-0.1, -0.05) is 6.07 Å². The number of rotatable bonds is 6. The smallest absolute Gasteiger partial charge is 0.261 e. The minimum atomic E-state index is -0.522. The lowest BCUT2D eigenvalue weighted by Gasteiger charge is -2.15. The Hall–Kier alpha value is -1.79. The summed E-state index contributed by atoms with van der Waals surface area (Å²) in [6.07, 6.45) is 0.158. The van der Waals surface area contributed by atoms with E-state index in [9.17, 15) is 18.7 Å². The van der Waals surface area contributed by atoms with Crippen LogP contribution in [0.25, 0.3) is 0 Å². The molecule has 0 saturated carbocycles. The number of amides is 1. The van der Waals surface area contributed by atoms with E-state index in [0.29, 0.717) is 4.88 Å². The molecule has 0 radical (unpaired) electrons. The summed E-state index contributed by atoms with van der Waals surface area (Å²) in [5.41, 5.74) is 0.194. The lowest BCUT2D eigenvalue weighted by molar-refractivity contribution is 0.0944. The van der Waals surface area contributed by atoms with Gasteiger partial charge < -0.3 is 10.4 Å². The molecule has 1 heterocycles. The predicted molar refractivity (Wildman–Crippen MR) is 77.3 cm³/mol. The quantitative estimate of drug-likeness (QED) is 0.861. The van der Waals surface area contributed by atoms with Gasteiger partial charge in [0.25, 0.3) is 5.91 Å². The van der Waals surface area contributed by atoms with E-state index in [0.717, 1.165) is 18.2 Å². The van der Waals surface area contributed by atoms with Crippen LogP contribution in [0.4, 0.5) is 8.78 Å². The topological polar surface area (TPSA) is 49.3 Å². The Morgan fingerprint density at radius 3 is 2.81 bits per heavy atom. The first kappa shape index (κ1) is 15.6. The predicted octanol–water partition coefficient (Wildman–Crippen LogP) is 2.61. The molecule has 21 heavy (non-hydrogen) atoms. The zero-order chi connectivity index (χ0) is 15.2. The van der Waals surface area contributed by atoms with Crippen molar-refractivity contribution in [2.45, 2.75) is 6.42 Å². The molecule has 2 aromatic rings. The molecule has 0 fully saturated rings. The van der Waals surface area contributed by atoms with Crippen molar-refractivity contribution in [1.82, 2.24) is 5.32 Å². The van der Waals surface area contributed by atoms with E-state index >= 15 is 0 Å². The Morgan fingerprint density at radius 1 is 1.33 bits per heavy atom. The monoisotopic (exact) mass is 311 g/mol. The normalized spacial score (nSPS) is 12.1. The minimum absolute atomic E-state index is 0.158. The molecule has 1 atom stereocenters. The molecule has 2 rings (SSSR count). The number of carbonyl (C=O) groups excluding carboxylic acids is 1. The van der Waals surface area contributed by atoms with Gasteiger partial charge in [-0.15, -0.1) is 11.3 Å². The molecule has 0 bridgehead atoms. The Kier molecular flexibility index (Phi) is 5.41. The maximum Gasteiger partial charge on any atom is 0.261 e. The molecule has 0 spiro atoms. The highest BCUT2D eigenvalue weighted by molar-refractivity contribution is 7.12. The zero-order valence-corrected chi connectivity index (χ0v) is 12.0. The average Bonchev–Trinajstić information content (AvgIpc) is 3.01. The summed E-state index contributed by atoms with van der Waals surface area (Å²) in [6, 6.07) is 6.68. The summed E-state index contributed by atoms with van der Waals surface area (Å²) >= 11 is 1.31. The highest BCUT2D eigenvalue weighted by Crippen LogP contribution is 2.15. The number of carbonyl (C=O) groups is 1. The van der Waals surface area contributed by atoms with Crippen molar-refractivity contribution in [2.75, 3.05) is 13.2 Å². The number of aliphatic hydroxyl groups excluding tert-OH is 1. The van der Waals surface area contributed by atoms with E-state index in [-0.39, 0.29) is 37.0 Å². The van der Waals surface area contributed by atoms with Gasteiger partial charge in [0.05, 0.1) is 4.88 Å². The summed E-state index contributed by atoms with van der Waals surface area (Å²) in [5.74, 6) is -1.64. The van der Waals surface area contributed by atoms with Crippen LogP contribution in [0.3, 0.4) is 0 Å². The van der Waals surface area contributed by atoms with E-state index in [2.05, 4.69) is 5.32 Å². The molecule has 1 unspecified atom stereocenters. The van der Waals surface area contributed by atoms with Gasteiger partial charge in [-0.25, -0.2) is 8.78 Å². The summed E-state index contributed by atoms with van der Waals surface area (Å²) in [5, 5.41) is 13.8. The van der Waals surface area contributed by atoms with Gasteiger partial charge in [0.1, 0.15) is 11.6 Å². The molecule has 3 nitrogen and oxygen atoms in total. The van der Waals surface area contributed by atoms with Crippen molar-refractivity contribution >= 4 is 17.2 Å². The van der Waals surface area contributed by atoms with Crippen LogP contribution in [0.5, 0.6) is 0 Å². The maximum absolute atomic E-state index is 13.6. The molecular weight excluding hydrogens is 296 g/mol. The number of nitrogens with one attached hydrogen (secondary N) is 1. The second-order valence-electron chi connectivity index (χ2n) is 4.68. The molecule has 112 valence electrons. The van der Waals surface area contributed by atoms with E-state index < -0.39 is 11.6 Å².